The molecule has 1 N–H and O–H groups in total. The first kappa shape index (κ1) is 23.3. The number of nitrogens with zero attached hydrogens (tertiary/aromatic N) is 2. The molecule has 2 unspecified atom stereocenters. The fourth-order valence-corrected chi connectivity index (χ4v) is 3.21. The monoisotopic (exact) mass is 491 g/mol. The molecule has 0 spiro atoms. The molecule has 0 aromatic heterocycles. The topological polar surface area (TPSA) is 72.4 Å². The van der Waals surface area contributed by atoms with Crippen molar-refractivity contribution in [3.8, 4) is 11.5 Å². The van der Waals surface area contributed by atoms with E-state index in [-0.39, 0.29) is 41.8 Å². The van der Waals surface area contributed by atoms with Gasteiger partial charge in [-0.1, -0.05) is 13.0 Å². The average molecular weight is 491 g/mol. The summed E-state index contributed by atoms with van der Waals surface area (Å²) in [6.45, 7) is 6.57. The zero-order valence-electron chi connectivity index (χ0n) is 16.7. The number of likely N-dealkylation sites (tertiary alicyclic amines) is 1. The third-order valence-corrected chi connectivity index (χ3v) is 4.61. The molecule has 7 nitrogen and oxygen atoms in total. The lowest BCUT2D eigenvalue weighted by molar-refractivity contribution is -0.145. The number of guanidine groups is 1. The van der Waals surface area contributed by atoms with Crippen LogP contribution >= 0.6 is 24.0 Å². The zero-order valence-corrected chi connectivity index (χ0v) is 19.0. The van der Waals surface area contributed by atoms with Gasteiger partial charge in [-0.2, -0.15) is 0 Å². The Morgan fingerprint density at radius 1 is 1.30 bits per heavy atom. The van der Waals surface area contributed by atoms with Gasteiger partial charge in [-0.25, -0.2) is 0 Å². The van der Waals surface area contributed by atoms with E-state index in [1.54, 1.807) is 14.2 Å². The van der Waals surface area contributed by atoms with Crippen LogP contribution in [0.4, 0.5) is 0 Å². The molecule has 0 amide bonds. The van der Waals surface area contributed by atoms with Gasteiger partial charge >= 0.3 is 5.97 Å². The Morgan fingerprint density at radius 2 is 2.04 bits per heavy atom. The number of hydrogen-bond acceptors (Lipinski definition) is 5. The number of hydrogen-bond donors (Lipinski definition) is 1. The molecule has 152 valence electrons. The number of ether oxygens (including phenoxy) is 3. The van der Waals surface area contributed by atoms with Crippen LogP contribution in [0.2, 0.25) is 0 Å². The van der Waals surface area contributed by atoms with Crippen molar-refractivity contribution in [1.82, 2.24) is 10.2 Å². The highest BCUT2D eigenvalue weighted by Gasteiger charge is 2.36. The fraction of sp³-hybridized carbons (Fsp3) is 0.579. The maximum Gasteiger partial charge on any atom is 0.310 e. The van der Waals surface area contributed by atoms with E-state index in [0.29, 0.717) is 25.4 Å². The van der Waals surface area contributed by atoms with Crippen LogP contribution in [0.3, 0.4) is 0 Å². The second-order valence-corrected chi connectivity index (χ2v) is 6.33. The van der Waals surface area contributed by atoms with Crippen molar-refractivity contribution in [2.45, 2.75) is 20.4 Å². The van der Waals surface area contributed by atoms with E-state index in [4.69, 9.17) is 14.2 Å². The highest BCUT2D eigenvalue weighted by atomic mass is 127. The lowest BCUT2D eigenvalue weighted by atomic mass is 9.99. The number of methoxy groups -OCH3 is 2. The third kappa shape index (κ3) is 5.88. The van der Waals surface area contributed by atoms with E-state index in [9.17, 15) is 4.79 Å². The zero-order chi connectivity index (χ0) is 19.1. The van der Waals surface area contributed by atoms with E-state index in [1.165, 1.54) is 7.11 Å². The predicted octanol–water partition coefficient (Wildman–Crippen LogP) is 2.53. The molecule has 1 saturated heterocycles. The number of carbonyl (C=O) groups excluding carboxylic acids is 1. The first-order valence-electron chi connectivity index (χ1n) is 8.87. The van der Waals surface area contributed by atoms with Crippen molar-refractivity contribution in [1.29, 1.82) is 0 Å². The first-order valence-corrected chi connectivity index (χ1v) is 8.87. The molecule has 1 heterocycles. The Bertz CT molecular complexity index is 654. The van der Waals surface area contributed by atoms with Crippen molar-refractivity contribution >= 4 is 35.9 Å². The summed E-state index contributed by atoms with van der Waals surface area (Å²) < 4.78 is 15.8. The molecule has 1 aliphatic heterocycles. The van der Waals surface area contributed by atoms with Crippen molar-refractivity contribution in [3.05, 3.63) is 23.8 Å². The van der Waals surface area contributed by atoms with Crippen LogP contribution in [0.25, 0.3) is 0 Å². The van der Waals surface area contributed by atoms with E-state index in [2.05, 4.69) is 22.1 Å². The minimum absolute atomic E-state index is 0. The van der Waals surface area contributed by atoms with Crippen LogP contribution in [0.5, 0.6) is 11.5 Å². The van der Waals surface area contributed by atoms with Crippen molar-refractivity contribution in [3.63, 3.8) is 0 Å². The molecule has 0 aliphatic carbocycles. The van der Waals surface area contributed by atoms with Gasteiger partial charge in [0.25, 0.3) is 0 Å². The van der Waals surface area contributed by atoms with Gasteiger partial charge in [0.2, 0.25) is 0 Å². The Balaban J connectivity index is 0.00000364. The number of aliphatic imine (C=N–C) groups is 1. The minimum Gasteiger partial charge on any atom is -0.493 e. The molecule has 1 aromatic carbocycles. The van der Waals surface area contributed by atoms with Gasteiger partial charge in [-0.3, -0.25) is 9.79 Å². The Kier molecular flexibility index (Phi) is 9.68. The summed E-state index contributed by atoms with van der Waals surface area (Å²) in [6, 6.07) is 5.86. The van der Waals surface area contributed by atoms with Crippen molar-refractivity contribution in [2.75, 3.05) is 41.0 Å². The van der Waals surface area contributed by atoms with Crippen LogP contribution in [0.15, 0.2) is 23.2 Å². The van der Waals surface area contributed by atoms with Crippen LogP contribution in [-0.4, -0.2) is 57.8 Å². The summed E-state index contributed by atoms with van der Waals surface area (Å²) in [4.78, 5) is 18.3. The quantitative estimate of drug-likeness (QED) is 0.286. The Labute approximate surface area is 178 Å². The number of carbonyl (C=O) groups is 1. The van der Waals surface area contributed by atoms with E-state index < -0.39 is 0 Å². The molecule has 8 heteroatoms. The minimum atomic E-state index is -0.160. The van der Waals surface area contributed by atoms with Crippen LogP contribution in [0.1, 0.15) is 19.4 Å². The van der Waals surface area contributed by atoms with Gasteiger partial charge in [0, 0.05) is 26.7 Å². The molecule has 27 heavy (non-hydrogen) atoms. The number of halogens is 1. The van der Waals surface area contributed by atoms with Gasteiger partial charge in [0.1, 0.15) is 0 Å². The average Bonchev–Trinajstić information content (AvgIpc) is 3.03. The molecule has 0 radical (unpaired) electrons. The smallest absolute Gasteiger partial charge is 0.310 e. The summed E-state index contributed by atoms with van der Waals surface area (Å²) in [5, 5.41) is 3.36. The van der Waals surface area contributed by atoms with Gasteiger partial charge in [-0.05, 0) is 30.5 Å². The maximum absolute atomic E-state index is 11.9. The predicted molar refractivity (Wildman–Crippen MR) is 116 cm³/mol. The lowest BCUT2D eigenvalue weighted by Gasteiger charge is -2.21. The largest absolute Gasteiger partial charge is 0.493 e. The van der Waals surface area contributed by atoms with Crippen LogP contribution in [-0.2, 0) is 16.1 Å². The standard InChI is InChI=1S/C19H29N3O4.HI/c1-6-26-17-9-14(7-8-16(17)24-4)10-21-19(20-3)22-11-13(2)15(12-22)18(23)25-5;/h7-9,13,15H,6,10-12H2,1-5H3,(H,20,21);1H. The molecular weight excluding hydrogens is 461 g/mol. The fourth-order valence-electron chi connectivity index (χ4n) is 3.21. The van der Waals surface area contributed by atoms with Crippen LogP contribution in [0, 0.1) is 11.8 Å². The highest BCUT2D eigenvalue weighted by molar-refractivity contribution is 14.0. The molecule has 1 aromatic rings. The SMILES string of the molecule is CCOc1cc(CNC(=NC)N2CC(C)C(C(=O)OC)C2)ccc1OC.I. The number of nitrogens with one attached hydrogen (secondary N) is 1. The summed E-state index contributed by atoms with van der Waals surface area (Å²) >= 11 is 0. The normalized spacial score (nSPS) is 19.3. The molecule has 1 aliphatic rings. The molecular formula is C19H30IN3O4. The lowest BCUT2D eigenvalue weighted by Crippen LogP contribution is -2.40. The molecule has 2 rings (SSSR count). The van der Waals surface area contributed by atoms with Gasteiger partial charge in [-0.15, -0.1) is 24.0 Å². The van der Waals surface area contributed by atoms with Crippen molar-refractivity contribution in [2.24, 2.45) is 16.8 Å². The molecule has 0 saturated carbocycles. The Morgan fingerprint density at radius 3 is 2.63 bits per heavy atom. The third-order valence-electron chi connectivity index (χ3n) is 4.61. The van der Waals surface area contributed by atoms with Crippen molar-refractivity contribution < 1.29 is 19.0 Å². The molecule has 0 bridgehead atoms. The summed E-state index contributed by atoms with van der Waals surface area (Å²) in [7, 11) is 4.81. The summed E-state index contributed by atoms with van der Waals surface area (Å²) in [5.74, 6) is 2.17. The number of rotatable bonds is 6. The maximum atomic E-state index is 11.9. The summed E-state index contributed by atoms with van der Waals surface area (Å²) in [6.07, 6.45) is 0. The van der Waals surface area contributed by atoms with Crippen LogP contribution < -0.4 is 14.8 Å². The summed E-state index contributed by atoms with van der Waals surface area (Å²) in [5.41, 5.74) is 1.06. The van der Waals surface area contributed by atoms with Gasteiger partial charge in [0.15, 0.2) is 17.5 Å². The van der Waals surface area contributed by atoms with E-state index in [0.717, 1.165) is 23.8 Å². The Hall–Kier alpha value is -1.71. The van der Waals surface area contributed by atoms with Gasteiger partial charge < -0.3 is 24.4 Å². The number of esters is 1. The molecule has 2 atom stereocenters. The first-order chi connectivity index (χ1) is 12.5. The second-order valence-electron chi connectivity index (χ2n) is 6.33. The van der Waals surface area contributed by atoms with E-state index in [1.807, 2.05) is 25.1 Å². The highest BCUT2D eigenvalue weighted by Crippen LogP contribution is 2.28. The van der Waals surface area contributed by atoms with E-state index >= 15 is 0 Å². The number of benzene rings is 1. The second kappa shape index (κ2) is 11.2. The van der Waals surface area contributed by atoms with Gasteiger partial charge in [0.05, 0.1) is 26.7 Å². The molecule has 1 fully saturated rings.